The summed E-state index contributed by atoms with van der Waals surface area (Å²) in [5.74, 6) is 6.04. The minimum absolute atomic E-state index is 0.0232. The van der Waals surface area contributed by atoms with Crippen molar-refractivity contribution < 1.29 is 9.13 Å². The molecule has 1 aliphatic rings. The Balaban J connectivity index is 1.75. The molecule has 0 aliphatic carbocycles. The van der Waals surface area contributed by atoms with Crippen LogP contribution in [0, 0.1) is 17.7 Å². The van der Waals surface area contributed by atoms with Crippen molar-refractivity contribution >= 4 is 10.9 Å². The summed E-state index contributed by atoms with van der Waals surface area (Å²) in [6.07, 6.45) is 0. The van der Waals surface area contributed by atoms with Crippen LogP contribution < -0.4 is 16.0 Å². The monoisotopic (exact) mass is 415 g/mol. The Morgan fingerprint density at radius 3 is 2.74 bits per heavy atom. The maximum atomic E-state index is 14.8. The van der Waals surface area contributed by atoms with Crippen molar-refractivity contribution in [2.24, 2.45) is 5.73 Å². The Morgan fingerprint density at radius 2 is 2.00 bits per heavy atom. The molecule has 154 valence electrons. The number of fused-ring (bicyclic) bond motifs is 2. The molecule has 2 aromatic carbocycles. The largest absolute Gasteiger partial charge is 0.476 e. The first-order valence-electron chi connectivity index (χ1n) is 9.82. The molecule has 7 nitrogen and oxygen atoms in total. The molecule has 3 heterocycles. The molecule has 1 aliphatic heterocycles. The molecule has 2 N–H and O–H groups in total. The summed E-state index contributed by atoms with van der Waals surface area (Å²) in [7, 11) is 0. The fourth-order valence-electron chi connectivity index (χ4n) is 3.62. The smallest absolute Gasteiger partial charge is 0.267 e. The first-order chi connectivity index (χ1) is 15.0. The normalized spacial score (nSPS) is 13.4. The topological polar surface area (TPSA) is 88.0 Å². The van der Waals surface area contributed by atoms with Gasteiger partial charge in [0.1, 0.15) is 23.9 Å². The second-order valence-corrected chi connectivity index (χ2v) is 7.24. The summed E-state index contributed by atoms with van der Waals surface area (Å²) in [6.45, 7) is 2.96. The Hall–Kier alpha value is -3.96. The summed E-state index contributed by atoms with van der Waals surface area (Å²) in [5, 5.41) is 4.42. The van der Waals surface area contributed by atoms with Crippen molar-refractivity contribution in [3.63, 3.8) is 0 Å². The second kappa shape index (κ2) is 7.38. The molecule has 8 heteroatoms. The van der Waals surface area contributed by atoms with Crippen LogP contribution in [0.15, 0.2) is 53.3 Å². The summed E-state index contributed by atoms with van der Waals surface area (Å²) in [5.41, 5.74) is 7.03. The number of aromatic nitrogens is 4. The molecule has 0 saturated carbocycles. The van der Waals surface area contributed by atoms with Crippen molar-refractivity contribution in [1.82, 2.24) is 19.3 Å². The van der Waals surface area contributed by atoms with Crippen LogP contribution in [-0.2, 0) is 6.54 Å². The lowest BCUT2D eigenvalue weighted by Gasteiger charge is -2.16. The van der Waals surface area contributed by atoms with E-state index in [9.17, 15) is 9.18 Å². The fourth-order valence-corrected chi connectivity index (χ4v) is 3.62. The van der Waals surface area contributed by atoms with Gasteiger partial charge in [-0.05, 0) is 37.1 Å². The van der Waals surface area contributed by atoms with Gasteiger partial charge in [-0.2, -0.15) is 5.10 Å². The summed E-state index contributed by atoms with van der Waals surface area (Å²) < 4.78 is 23.3. The predicted molar refractivity (Wildman–Crippen MR) is 114 cm³/mol. The SMILES string of the molecule is C[C@H](N)c1nc2ccc(F)c(C#Cc3cc4n(n3)CCO4)c2c(=O)n1-c1ccccc1. The molecule has 5 rings (SSSR count). The second-order valence-electron chi connectivity index (χ2n) is 7.24. The highest BCUT2D eigenvalue weighted by molar-refractivity contribution is 5.85. The van der Waals surface area contributed by atoms with E-state index in [1.165, 1.54) is 16.7 Å². The number of para-hydroxylation sites is 1. The van der Waals surface area contributed by atoms with Crippen molar-refractivity contribution in [3.8, 4) is 23.4 Å². The Labute approximate surface area is 176 Å². The van der Waals surface area contributed by atoms with Crippen LogP contribution in [-0.4, -0.2) is 25.9 Å². The molecular weight excluding hydrogens is 397 g/mol. The summed E-state index contributed by atoms with van der Waals surface area (Å²) in [4.78, 5) is 18.1. The van der Waals surface area contributed by atoms with Crippen LogP contribution in [0.3, 0.4) is 0 Å². The van der Waals surface area contributed by atoms with Crippen LogP contribution in [0.25, 0.3) is 16.6 Å². The molecule has 0 saturated heterocycles. The standard InChI is InChI=1S/C23H18FN5O2/c1-14(25)22-26-19-10-9-18(24)17(8-7-15-13-20-28(27-15)11-12-31-20)21(19)23(30)29(22)16-5-3-2-4-6-16/h2-6,9-10,13-14H,11-12,25H2,1H3/t14-/m0/s1. The minimum atomic E-state index is -0.602. The lowest BCUT2D eigenvalue weighted by atomic mass is 10.1. The average molecular weight is 415 g/mol. The van der Waals surface area contributed by atoms with E-state index in [1.54, 1.807) is 29.8 Å². The van der Waals surface area contributed by atoms with Crippen LogP contribution >= 0.6 is 0 Å². The number of halogens is 1. The van der Waals surface area contributed by atoms with Gasteiger partial charge in [-0.1, -0.05) is 24.1 Å². The van der Waals surface area contributed by atoms with Crippen molar-refractivity contribution in [1.29, 1.82) is 0 Å². The van der Waals surface area contributed by atoms with E-state index < -0.39 is 17.4 Å². The fraction of sp³-hybridized carbons (Fsp3) is 0.174. The van der Waals surface area contributed by atoms with E-state index in [-0.39, 0.29) is 10.9 Å². The van der Waals surface area contributed by atoms with Gasteiger partial charge in [0, 0.05) is 6.07 Å². The number of benzene rings is 2. The third-order valence-corrected chi connectivity index (χ3v) is 5.05. The van der Waals surface area contributed by atoms with Gasteiger partial charge >= 0.3 is 0 Å². The summed E-state index contributed by atoms with van der Waals surface area (Å²) in [6, 6.07) is 12.9. The van der Waals surface area contributed by atoms with Crippen LogP contribution in [0.4, 0.5) is 4.39 Å². The van der Waals surface area contributed by atoms with E-state index in [0.717, 1.165) is 0 Å². The highest BCUT2D eigenvalue weighted by atomic mass is 19.1. The first-order valence-corrected chi connectivity index (χ1v) is 9.82. The average Bonchev–Trinajstić information content (AvgIpc) is 3.35. The van der Waals surface area contributed by atoms with Gasteiger partial charge in [-0.25, -0.2) is 14.1 Å². The number of nitrogens with two attached hydrogens (primary N) is 1. The lowest BCUT2D eigenvalue weighted by Crippen LogP contribution is -2.28. The van der Waals surface area contributed by atoms with Crippen molar-refractivity contribution in [3.05, 3.63) is 81.8 Å². The molecule has 1 atom stereocenters. The van der Waals surface area contributed by atoms with E-state index in [2.05, 4.69) is 21.9 Å². The quantitative estimate of drug-likeness (QED) is 0.509. The van der Waals surface area contributed by atoms with Crippen LogP contribution in [0.2, 0.25) is 0 Å². The van der Waals surface area contributed by atoms with Crippen LogP contribution in [0.1, 0.15) is 30.0 Å². The molecule has 0 amide bonds. The number of ether oxygens (including phenoxy) is 1. The molecule has 0 unspecified atom stereocenters. The van der Waals surface area contributed by atoms with E-state index in [1.807, 2.05) is 18.2 Å². The third kappa shape index (κ3) is 3.25. The maximum Gasteiger partial charge on any atom is 0.267 e. The van der Waals surface area contributed by atoms with Gasteiger partial charge in [0.2, 0.25) is 5.88 Å². The molecular formula is C23H18FN5O2. The molecule has 2 aromatic heterocycles. The highest BCUT2D eigenvalue weighted by Gasteiger charge is 2.19. The highest BCUT2D eigenvalue weighted by Crippen LogP contribution is 2.22. The van der Waals surface area contributed by atoms with Crippen molar-refractivity contribution in [2.75, 3.05) is 6.61 Å². The number of rotatable bonds is 2. The number of nitrogens with zero attached hydrogens (tertiary/aromatic N) is 4. The van der Waals surface area contributed by atoms with Gasteiger partial charge in [0.15, 0.2) is 0 Å². The molecule has 0 spiro atoms. The minimum Gasteiger partial charge on any atom is -0.476 e. The molecule has 0 fully saturated rings. The van der Waals surface area contributed by atoms with E-state index in [4.69, 9.17) is 10.5 Å². The third-order valence-electron chi connectivity index (χ3n) is 5.05. The lowest BCUT2D eigenvalue weighted by molar-refractivity contribution is 0.356. The molecule has 4 aromatic rings. The number of hydrogen-bond acceptors (Lipinski definition) is 5. The Bertz CT molecular complexity index is 1410. The van der Waals surface area contributed by atoms with Gasteiger partial charge < -0.3 is 10.5 Å². The molecule has 31 heavy (non-hydrogen) atoms. The summed E-state index contributed by atoms with van der Waals surface area (Å²) >= 11 is 0. The zero-order chi connectivity index (χ0) is 21.5. The van der Waals surface area contributed by atoms with Crippen LogP contribution in [0.5, 0.6) is 5.88 Å². The molecule has 0 radical (unpaired) electrons. The van der Waals surface area contributed by atoms with Gasteiger partial charge in [0.25, 0.3) is 5.56 Å². The zero-order valence-electron chi connectivity index (χ0n) is 16.7. The van der Waals surface area contributed by atoms with Crippen molar-refractivity contribution in [2.45, 2.75) is 19.5 Å². The van der Waals surface area contributed by atoms with E-state index >= 15 is 0 Å². The Kier molecular flexibility index (Phi) is 4.53. The van der Waals surface area contributed by atoms with Gasteiger partial charge in [-0.15, -0.1) is 0 Å². The maximum absolute atomic E-state index is 14.8. The van der Waals surface area contributed by atoms with Gasteiger partial charge in [-0.3, -0.25) is 9.36 Å². The van der Waals surface area contributed by atoms with Gasteiger partial charge in [0.05, 0.1) is 34.7 Å². The first kappa shape index (κ1) is 19.0. The van der Waals surface area contributed by atoms with E-state index in [0.29, 0.717) is 41.8 Å². The predicted octanol–water partition coefficient (Wildman–Crippen LogP) is 2.53. The zero-order valence-corrected chi connectivity index (χ0v) is 16.7. The Morgan fingerprint density at radius 1 is 1.19 bits per heavy atom. The number of hydrogen-bond donors (Lipinski definition) is 1. The molecule has 0 bridgehead atoms.